The zero-order chi connectivity index (χ0) is 25.2. The molecule has 1 heterocycles. The third-order valence-electron chi connectivity index (χ3n) is 7.21. The molecule has 1 saturated heterocycles. The van der Waals surface area contributed by atoms with Gasteiger partial charge in [0.1, 0.15) is 5.60 Å². The number of allylic oxidation sites excluding steroid dienone is 1. The highest BCUT2D eigenvalue weighted by atomic mass is 35.5. The van der Waals surface area contributed by atoms with Gasteiger partial charge in [-0.25, -0.2) is 4.79 Å². The summed E-state index contributed by atoms with van der Waals surface area (Å²) in [7, 11) is 1.80. The van der Waals surface area contributed by atoms with Gasteiger partial charge in [-0.2, -0.15) is 0 Å². The molecule has 2 aromatic carbocycles. The van der Waals surface area contributed by atoms with Gasteiger partial charge in [0, 0.05) is 25.0 Å². The van der Waals surface area contributed by atoms with Crippen LogP contribution in [0.25, 0.3) is 6.08 Å². The molecule has 1 amide bonds. The molecule has 1 aliphatic carbocycles. The molecule has 0 aromatic heterocycles. The van der Waals surface area contributed by atoms with Crippen LogP contribution in [0.5, 0.6) is 0 Å². The van der Waals surface area contributed by atoms with Crippen LogP contribution >= 0.6 is 23.2 Å². The summed E-state index contributed by atoms with van der Waals surface area (Å²) >= 11 is 12.6. The minimum absolute atomic E-state index is 0.145. The largest absolute Gasteiger partial charge is 0.444 e. The van der Waals surface area contributed by atoms with E-state index in [4.69, 9.17) is 27.9 Å². The second kappa shape index (κ2) is 10.5. The van der Waals surface area contributed by atoms with Crippen LogP contribution < -0.4 is 0 Å². The van der Waals surface area contributed by atoms with E-state index in [0.29, 0.717) is 16.6 Å². The summed E-state index contributed by atoms with van der Waals surface area (Å²) in [6.07, 6.45) is 8.39. The van der Waals surface area contributed by atoms with Gasteiger partial charge in [-0.15, -0.1) is 0 Å². The van der Waals surface area contributed by atoms with Crippen molar-refractivity contribution in [3.05, 3.63) is 75.3 Å². The smallest absolute Gasteiger partial charge is 0.410 e. The van der Waals surface area contributed by atoms with Crippen LogP contribution in [0.4, 0.5) is 4.79 Å². The number of hydrogen-bond acceptors (Lipinski definition) is 3. The molecule has 0 bridgehead atoms. The highest BCUT2D eigenvalue weighted by molar-refractivity contribution is 6.42. The average molecular weight is 516 g/mol. The Hall–Kier alpha value is -2.01. The van der Waals surface area contributed by atoms with Crippen LogP contribution in [-0.2, 0) is 10.2 Å². The summed E-state index contributed by atoms with van der Waals surface area (Å²) < 4.78 is 5.51. The molecule has 0 saturated carbocycles. The summed E-state index contributed by atoms with van der Waals surface area (Å²) in [6, 6.07) is 15.0. The van der Waals surface area contributed by atoms with Crippen LogP contribution in [0.15, 0.2) is 48.5 Å². The molecule has 1 fully saturated rings. The molecule has 1 aliphatic heterocycles. The fraction of sp³-hybridized carbons (Fsp3) is 0.483. The SMILES string of the molecule is CN(CCC[C@@H](c1ccc(Cl)c(Cl)c1)N1CCC2(C=Cc3ccccc32)CC1)C(=O)OC(C)(C)C. The first-order valence-electron chi connectivity index (χ1n) is 12.5. The van der Waals surface area contributed by atoms with Crippen molar-refractivity contribution >= 4 is 35.4 Å². The number of carbonyl (C=O) groups is 1. The normalized spacial score (nSPS) is 17.9. The Labute approximate surface area is 219 Å². The molecular formula is C29H36Cl2N2O2. The lowest BCUT2D eigenvalue weighted by Gasteiger charge is -2.43. The van der Waals surface area contributed by atoms with E-state index in [-0.39, 0.29) is 17.6 Å². The molecule has 2 aromatic rings. The zero-order valence-corrected chi connectivity index (χ0v) is 22.7. The monoisotopic (exact) mass is 514 g/mol. The number of nitrogens with zero attached hydrogens (tertiary/aromatic N) is 2. The minimum atomic E-state index is -0.495. The molecule has 188 valence electrons. The van der Waals surface area contributed by atoms with Crippen LogP contribution in [0.1, 0.15) is 69.2 Å². The number of benzene rings is 2. The molecule has 1 spiro atoms. The summed E-state index contributed by atoms with van der Waals surface area (Å²) in [5.74, 6) is 0. The average Bonchev–Trinajstić information content (AvgIpc) is 3.16. The fourth-order valence-electron chi connectivity index (χ4n) is 5.34. The van der Waals surface area contributed by atoms with Crippen molar-refractivity contribution in [2.24, 2.45) is 0 Å². The zero-order valence-electron chi connectivity index (χ0n) is 21.2. The summed E-state index contributed by atoms with van der Waals surface area (Å²) in [4.78, 5) is 16.6. The lowest BCUT2D eigenvalue weighted by molar-refractivity contribution is 0.0290. The van der Waals surface area contributed by atoms with Gasteiger partial charge < -0.3 is 9.64 Å². The fourth-order valence-corrected chi connectivity index (χ4v) is 5.64. The minimum Gasteiger partial charge on any atom is -0.444 e. The molecular weight excluding hydrogens is 479 g/mol. The van der Waals surface area contributed by atoms with E-state index in [1.54, 1.807) is 11.9 Å². The predicted molar refractivity (Wildman–Crippen MR) is 145 cm³/mol. The maximum Gasteiger partial charge on any atom is 0.410 e. The Balaban J connectivity index is 1.45. The second-order valence-electron chi connectivity index (χ2n) is 10.8. The molecule has 35 heavy (non-hydrogen) atoms. The van der Waals surface area contributed by atoms with E-state index in [1.165, 1.54) is 16.7 Å². The molecule has 6 heteroatoms. The maximum absolute atomic E-state index is 12.4. The van der Waals surface area contributed by atoms with E-state index < -0.39 is 5.60 Å². The number of likely N-dealkylation sites (tertiary alicyclic amines) is 1. The molecule has 0 N–H and O–H groups in total. The molecule has 4 nitrogen and oxygen atoms in total. The van der Waals surface area contributed by atoms with Crippen molar-refractivity contribution in [1.29, 1.82) is 0 Å². The number of halogens is 2. The van der Waals surface area contributed by atoms with Gasteiger partial charge in [0.25, 0.3) is 0 Å². The Bertz CT molecular complexity index is 1080. The van der Waals surface area contributed by atoms with Crippen LogP contribution in [0.3, 0.4) is 0 Å². The van der Waals surface area contributed by atoms with Crippen molar-refractivity contribution in [3.8, 4) is 0 Å². The van der Waals surface area contributed by atoms with Crippen LogP contribution in [0.2, 0.25) is 10.0 Å². The van der Waals surface area contributed by atoms with Gasteiger partial charge in [0.2, 0.25) is 0 Å². The van der Waals surface area contributed by atoms with Gasteiger partial charge in [-0.1, -0.05) is 65.7 Å². The Morgan fingerprint density at radius 2 is 1.83 bits per heavy atom. The van der Waals surface area contributed by atoms with Crippen LogP contribution in [0, 0.1) is 0 Å². The van der Waals surface area contributed by atoms with Gasteiger partial charge in [0.05, 0.1) is 10.0 Å². The quantitative estimate of drug-likeness (QED) is 0.395. The number of amides is 1. The highest BCUT2D eigenvalue weighted by Gasteiger charge is 2.39. The van der Waals surface area contributed by atoms with Gasteiger partial charge in [-0.3, -0.25) is 4.90 Å². The van der Waals surface area contributed by atoms with Crippen molar-refractivity contribution in [1.82, 2.24) is 9.80 Å². The Kier molecular flexibility index (Phi) is 7.85. The lowest BCUT2D eigenvalue weighted by atomic mass is 9.74. The standard InChI is InChI=1S/C29H36Cl2N2O2/c1-28(2,3)35-27(34)32(4)17-7-10-26(22-11-12-24(30)25(31)20-22)33-18-15-29(16-19-33)14-13-21-8-5-6-9-23(21)29/h5-6,8-9,11-14,20,26H,7,10,15-19H2,1-4H3/t26-/m0/s1. The van der Waals surface area contributed by atoms with E-state index in [2.05, 4.69) is 47.4 Å². The maximum atomic E-state index is 12.4. The number of piperidine rings is 1. The van der Waals surface area contributed by atoms with Gasteiger partial charge in [0.15, 0.2) is 0 Å². The number of carbonyl (C=O) groups excluding carboxylic acids is 1. The first-order valence-corrected chi connectivity index (χ1v) is 13.3. The summed E-state index contributed by atoms with van der Waals surface area (Å²) in [6.45, 7) is 8.32. The lowest BCUT2D eigenvalue weighted by Crippen LogP contribution is -2.43. The van der Waals surface area contributed by atoms with E-state index in [1.807, 2.05) is 32.9 Å². The molecule has 0 unspecified atom stereocenters. The van der Waals surface area contributed by atoms with Crippen molar-refractivity contribution in [2.45, 2.75) is 63.5 Å². The first-order chi connectivity index (χ1) is 16.6. The highest BCUT2D eigenvalue weighted by Crippen LogP contribution is 2.45. The number of ether oxygens (including phenoxy) is 1. The van der Waals surface area contributed by atoms with Crippen molar-refractivity contribution in [3.63, 3.8) is 0 Å². The van der Waals surface area contributed by atoms with E-state index in [0.717, 1.165) is 38.8 Å². The molecule has 2 aliphatic rings. The Morgan fingerprint density at radius 1 is 1.11 bits per heavy atom. The van der Waals surface area contributed by atoms with E-state index in [9.17, 15) is 4.79 Å². The summed E-state index contributed by atoms with van der Waals surface area (Å²) in [5, 5.41) is 1.16. The molecule has 4 rings (SSSR count). The van der Waals surface area contributed by atoms with Crippen LogP contribution in [-0.4, -0.2) is 48.2 Å². The third kappa shape index (κ3) is 6.04. The first kappa shape index (κ1) is 26.1. The number of fused-ring (bicyclic) bond motifs is 2. The topological polar surface area (TPSA) is 32.8 Å². The van der Waals surface area contributed by atoms with Gasteiger partial charge >= 0.3 is 6.09 Å². The number of hydrogen-bond donors (Lipinski definition) is 0. The Morgan fingerprint density at radius 3 is 2.51 bits per heavy atom. The summed E-state index contributed by atoms with van der Waals surface area (Å²) in [5.41, 5.74) is 3.64. The molecule has 1 atom stereocenters. The predicted octanol–water partition coefficient (Wildman–Crippen LogP) is 7.74. The third-order valence-corrected chi connectivity index (χ3v) is 7.95. The van der Waals surface area contributed by atoms with Gasteiger partial charge in [-0.05, 0) is 88.4 Å². The second-order valence-corrected chi connectivity index (χ2v) is 11.7. The van der Waals surface area contributed by atoms with Crippen molar-refractivity contribution in [2.75, 3.05) is 26.7 Å². The number of rotatable bonds is 6. The van der Waals surface area contributed by atoms with E-state index >= 15 is 0 Å². The molecule has 0 radical (unpaired) electrons. The van der Waals surface area contributed by atoms with Crippen molar-refractivity contribution < 1.29 is 9.53 Å².